The number of sulfonamides is 1. The van der Waals surface area contributed by atoms with Gasteiger partial charge in [-0.15, -0.1) is 0 Å². The lowest BCUT2D eigenvalue weighted by Gasteiger charge is -2.03. The summed E-state index contributed by atoms with van der Waals surface area (Å²) in [5.74, 6) is 0.319. The summed E-state index contributed by atoms with van der Waals surface area (Å²) >= 11 is 0. The molecular formula is C15H23NO3S. The maximum Gasteiger partial charge on any atom is 0.238 e. The Morgan fingerprint density at radius 2 is 1.65 bits per heavy atom. The van der Waals surface area contributed by atoms with Gasteiger partial charge in [-0.1, -0.05) is 31.9 Å². The topological polar surface area (TPSA) is 77.2 Å². The third-order valence-electron chi connectivity index (χ3n) is 3.23. The molecule has 0 aliphatic rings. The summed E-state index contributed by atoms with van der Waals surface area (Å²) in [4.78, 5) is 11.7. The molecular weight excluding hydrogens is 274 g/mol. The first-order chi connectivity index (χ1) is 9.43. The first-order valence-corrected chi connectivity index (χ1v) is 8.61. The molecule has 112 valence electrons. The Kier molecular flexibility index (Phi) is 6.88. The largest absolute Gasteiger partial charge is 0.300 e. The fraction of sp³-hybridized carbons (Fsp3) is 0.533. The van der Waals surface area contributed by atoms with Crippen molar-refractivity contribution in [3.63, 3.8) is 0 Å². The Hall–Kier alpha value is -1.20. The molecule has 4 nitrogen and oxygen atoms in total. The van der Waals surface area contributed by atoms with E-state index in [1.807, 2.05) is 0 Å². The van der Waals surface area contributed by atoms with E-state index in [-0.39, 0.29) is 4.90 Å². The van der Waals surface area contributed by atoms with Crippen LogP contribution in [0.25, 0.3) is 0 Å². The van der Waals surface area contributed by atoms with E-state index < -0.39 is 10.0 Å². The third-order valence-corrected chi connectivity index (χ3v) is 4.16. The number of nitrogens with two attached hydrogens (primary N) is 1. The van der Waals surface area contributed by atoms with Crippen molar-refractivity contribution in [2.75, 3.05) is 0 Å². The van der Waals surface area contributed by atoms with E-state index in [0.29, 0.717) is 18.6 Å². The number of hydrogen-bond donors (Lipinski definition) is 1. The number of ketones is 1. The van der Waals surface area contributed by atoms with Crippen molar-refractivity contribution in [2.24, 2.45) is 5.14 Å². The zero-order valence-electron chi connectivity index (χ0n) is 12.0. The van der Waals surface area contributed by atoms with Crippen molar-refractivity contribution >= 4 is 15.8 Å². The minimum Gasteiger partial charge on any atom is -0.300 e. The molecule has 0 saturated carbocycles. The highest BCUT2D eigenvalue weighted by Gasteiger charge is 2.07. The fourth-order valence-electron chi connectivity index (χ4n) is 2.03. The van der Waals surface area contributed by atoms with Crippen LogP contribution < -0.4 is 5.14 Å². The molecule has 0 spiro atoms. The maximum atomic E-state index is 11.6. The van der Waals surface area contributed by atoms with E-state index in [9.17, 15) is 13.2 Å². The Bertz CT molecular complexity index is 521. The number of rotatable bonds is 9. The molecule has 1 rings (SSSR count). The minimum absolute atomic E-state index is 0.122. The van der Waals surface area contributed by atoms with Gasteiger partial charge in [-0.05, 0) is 37.0 Å². The monoisotopic (exact) mass is 297 g/mol. The van der Waals surface area contributed by atoms with Gasteiger partial charge in [-0.3, -0.25) is 4.79 Å². The highest BCUT2D eigenvalue weighted by atomic mass is 32.2. The molecule has 1 aromatic carbocycles. The zero-order valence-corrected chi connectivity index (χ0v) is 12.8. The third kappa shape index (κ3) is 6.30. The van der Waals surface area contributed by atoms with Gasteiger partial charge in [0, 0.05) is 12.8 Å². The highest BCUT2D eigenvalue weighted by molar-refractivity contribution is 7.89. The van der Waals surface area contributed by atoms with Gasteiger partial charge in [-0.2, -0.15) is 0 Å². The Morgan fingerprint density at radius 1 is 1.05 bits per heavy atom. The first-order valence-electron chi connectivity index (χ1n) is 7.07. The van der Waals surface area contributed by atoms with E-state index >= 15 is 0 Å². The van der Waals surface area contributed by atoms with Gasteiger partial charge < -0.3 is 0 Å². The molecule has 0 unspecified atom stereocenters. The number of carbonyl (C=O) groups is 1. The predicted molar refractivity (Wildman–Crippen MR) is 79.9 cm³/mol. The van der Waals surface area contributed by atoms with Gasteiger partial charge >= 0.3 is 0 Å². The lowest BCUT2D eigenvalue weighted by atomic mass is 10.0. The number of Topliss-reactive ketones (excluding diaryl/α,β-unsaturated/α-hetero) is 1. The molecule has 0 radical (unpaired) electrons. The van der Waals surface area contributed by atoms with Crippen LogP contribution in [0.1, 0.15) is 51.0 Å². The number of benzene rings is 1. The summed E-state index contributed by atoms with van der Waals surface area (Å²) in [6.45, 7) is 2.12. The molecule has 0 amide bonds. The van der Waals surface area contributed by atoms with E-state index in [1.54, 1.807) is 12.1 Å². The van der Waals surface area contributed by atoms with Crippen molar-refractivity contribution in [2.45, 2.75) is 56.8 Å². The lowest BCUT2D eigenvalue weighted by molar-refractivity contribution is -0.119. The van der Waals surface area contributed by atoms with E-state index in [0.717, 1.165) is 37.7 Å². The van der Waals surface area contributed by atoms with Crippen molar-refractivity contribution < 1.29 is 13.2 Å². The summed E-state index contributed by atoms with van der Waals surface area (Å²) in [6, 6.07) is 6.52. The van der Waals surface area contributed by atoms with Gasteiger partial charge in [0.1, 0.15) is 5.78 Å². The van der Waals surface area contributed by atoms with Gasteiger partial charge in [0.25, 0.3) is 0 Å². The number of hydrogen-bond acceptors (Lipinski definition) is 3. The van der Waals surface area contributed by atoms with Gasteiger partial charge in [0.2, 0.25) is 10.0 Å². The van der Waals surface area contributed by atoms with E-state index in [4.69, 9.17) is 5.14 Å². The molecule has 0 atom stereocenters. The zero-order chi connectivity index (χ0) is 15.0. The second kappa shape index (κ2) is 8.17. The summed E-state index contributed by atoms with van der Waals surface area (Å²) in [7, 11) is -3.62. The normalized spacial score (nSPS) is 11.5. The average molecular weight is 297 g/mol. The molecule has 1 aromatic rings. The Balaban J connectivity index is 2.34. The highest BCUT2D eigenvalue weighted by Crippen LogP contribution is 2.12. The van der Waals surface area contributed by atoms with Crippen molar-refractivity contribution in [1.29, 1.82) is 0 Å². The minimum atomic E-state index is -3.62. The number of unbranched alkanes of at least 4 members (excludes halogenated alkanes) is 2. The molecule has 5 heteroatoms. The van der Waals surface area contributed by atoms with Gasteiger partial charge in [0.15, 0.2) is 0 Å². The van der Waals surface area contributed by atoms with Crippen LogP contribution in [0.2, 0.25) is 0 Å². The molecule has 0 aliphatic carbocycles. The summed E-state index contributed by atoms with van der Waals surface area (Å²) < 4.78 is 22.2. The van der Waals surface area contributed by atoms with Crippen LogP contribution in [0.4, 0.5) is 0 Å². The number of primary sulfonamides is 1. The number of aryl methyl sites for hydroxylation is 1. The van der Waals surface area contributed by atoms with Crippen LogP contribution in [0.15, 0.2) is 29.2 Å². The van der Waals surface area contributed by atoms with Crippen LogP contribution in [0.3, 0.4) is 0 Å². The SMILES string of the molecule is CCCCCC(=O)CCCc1ccc(S(N)(=O)=O)cc1. The van der Waals surface area contributed by atoms with Crippen LogP contribution >= 0.6 is 0 Å². The van der Waals surface area contributed by atoms with Gasteiger partial charge in [0.05, 0.1) is 4.90 Å². The van der Waals surface area contributed by atoms with Crippen molar-refractivity contribution in [3.05, 3.63) is 29.8 Å². The second-order valence-corrected chi connectivity index (χ2v) is 6.60. The quantitative estimate of drug-likeness (QED) is 0.712. The summed E-state index contributed by atoms with van der Waals surface area (Å²) in [5, 5.41) is 5.03. The molecule has 0 fully saturated rings. The molecule has 0 aliphatic heterocycles. The van der Waals surface area contributed by atoms with Crippen LogP contribution in [-0.4, -0.2) is 14.2 Å². The molecule has 2 N–H and O–H groups in total. The van der Waals surface area contributed by atoms with E-state index in [2.05, 4.69) is 6.92 Å². The molecule has 0 bridgehead atoms. The van der Waals surface area contributed by atoms with Crippen LogP contribution in [-0.2, 0) is 21.2 Å². The predicted octanol–water partition coefficient (Wildman–Crippen LogP) is 2.81. The average Bonchev–Trinajstić information content (AvgIpc) is 2.38. The molecule has 0 aromatic heterocycles. The molecule has 0 heterocycles. The second-order valence-electron chi connectivity index (χ2n) is 5.04. The van der Waals surface area contributed by atoms with Gasteiger partial charge in [-0.25, -0.2) is 13.6 Å². The Labute approximate surface area is 121 Å². The first kappa shape index (κ1) is 16.9. The van der Waals surface area contributed by atoms with E-state index in [1.165, 1.54) is 12.1 Å². The van der Waals surface area contributed by atoms with Crippen LogP contribution in [0.5, 0.6) is 0 Å². The van der Waals surface area contributed by atoms with Crippen LogP contribution in [0, 0.1) is 0 Å². The fourth-order valence-corrected chi connectivity index (χ4v) is 2.55. The Morgan fingerprint density at radius 3 is 2.20 bits per heavy atom. The van der Waals surface area contributed by atoms with Crippen molar-refractivity contribution in [1.82, 2.24) is 0 Å². The molecule has 20 heavy (non-hydrogen) atoms. The number of carbonyl (C=O) groups excluding carboxylic acids is 1. The molecule has 0 saturated heterocycles. The lowest BCUT2D eigenvalue weighted by Crippen LogP contribution is -2.11. The summed E-state index contributed by atoms with van der Waals surface area (Å²) in [6.07, 6.45) is 6.09. The maximum absolute atomic E-state index is 11.6. The summed E-state index contributed by atoms with van der Waals surface area (Å²) in [5.41, 5.74) is 1.03. The smallest absolute Gasteiger partial charge is 0.238 e. The standard InChI is InChI=1S/C15H23NO3S/c1-2-3-4-7-14(17)8-5-6-13-9-11-15(12-10-13)20(16,18)19/h9-12H,2-8H2,1H3,(H2,16,18,19). The van der Waals surface area contributed by atoms with Crippen molar-refractivity contribution in [3.8, 4) is 0 Å².